The predicted molar refractivity (Wildman–Crippen MR) is 107 cm³/mol. The fourth-order valence-corrected chi connectivity index (χ4v) is 2.91. The molecule has 0 radical (unpaired) electrons. The summed E-state index contributed by atoms with van der Waals surface area (Å²) in [5.41, 5.74) is 6.95. The molecule has 0 saturated carbocycles. The molecule has 3 atom stereocenters. The van der Waals surface area contributed by atoms with Crippen molar-refractivity contribution >= 4 is 34.6 Å². The normalized spacial score (nSPS) is 13.8. The molecule has 11 heteroatoms. The van der Waals surface area contributed by atoms with Gasteiger partial charge >= 0.3 is 5.97 Å². The number of carboxylic acids is 1. The van der Waals surface area contributed by atoms with Crippen LogP contribution >= 0.6 is 0 Å². The highest BCUT2D eigenvalue weighted by molar-refractivity contribution is 5.94. The predicted octanol–water partition coefficient (Wildman–Crippen LogP) is -1.78. The van der Waals surface area contributed by atoms with Crippen LogP contribution in [0.5, 0.6) is 0 Å². The maximum absolute atomic E-state index is 12.8. The van der Waals surface area contributed by atoms with Crippen molar-refractivity contribution in [2.24, 2.45) is 5.73 Å². The quantitative estimate of drug-likeness (QED) is 0.237. The van der Waals surface area contributed by atoms with Crippen LogP contribution in [0.3, 0.4) is 0 Å². The number of amides is 3. The van der Waals surface area contributed by atoms with E-state index in [1.807, 2.05) is 24.3 Å². The molecule has 11 nitrogen and oxygen atoms in total. The van der Waals surface area contributed by atoms with E-state index in [0.29, 0.717) is 0 Å². The Morgan fingerprint density at radius 1 is 1.13 bits per heavy atom. The molecule has 0 aliphatic carbocycles. The molecule has 3 unspecified atom stereocenters. The largest absolute Gasteiger partial charge is 0.480 e. The summed E-state index contributed by atoms with van der Waals surface area (Å²) < 4.78 is 0. The molecule has 3 amide bonds. The number of nitrogens with one attached hydrogen (secondary N) is 4. The minimum atomic E-state index is -1.41. The molecule has 0 saturated heterocycles. The Balaban J connectivity index is 2.20. The van der Waals surface area contributed by atoms with E-state index < -0.39 is 48.4 Å². The fourth-order valence-electron chi connectivity index (χ4n) is 2.91. The number of hydrogen-bond donors (Lipinski definition) is 7. The SMILES string of the molecule is CC(O)C(NC(=O)C(Cc1c[nH]c2ccccc12)NC(=O)CN)C(=O)NCC(=O)O. The van der Waals surface area contributed by atoms with E-state index in [2.05, 4.69) is 20.9 Å². The average Bonchev–Trinajstić information content (AvgIpc) is 3.12. The van der Waals surface area contributed by atoms with Crippen LogP contribution in [0.4, 0.5) is 0 Å². The summed E-state index contributed by atoms with van der Waals surface area (Å²) in [4.78, 5) is 50.5. The van der Waals surface area contributed by atoms with Gasteiger partial charge in [0.1, 0.15) is 18.6 Å². The lowest BCUT2D eigenvalue weighted by Gasteiger charge is -2.24. The lowest BCUT2D eigenvalue weighted by Crippen LogP contribution is -2.58. The number of H-pyrrole nitrogens is 1. The second-order valence-electron chi connectivity index (χ2n) is 6.73. The van der Waals surface area contributed by atoms with E-state index in [-0.39, 0.29) is 13.0 Å². The molecule has 1 aromatic carbocycles. The number of nitrogens with two attached hydrogens (primary N) is 1. The van der Waals surface area contributed by atoms with E-state index in [1.54, 1.807) is 6.20 Å². The van der Waals surface area contributed by atoms with Gasteiger partial charge in [-0.25, -0.2) is 0 Å². The summed E-state index contributed by atoms with van der Waals surface area (Å²) in [7, 11) is 0. The van der Waals surface area contributed by atoms with Crippen molar-refractivity contribution in [2.45, 2.75) is 31.5 Å². The average molecular weight is 419 g/mol. The Kier molecular flexibility index (Phi) is 7.90. The molecule has 1 heterocycles. The fraction of sp³-hybridized carbons (Fsp3) is 0.368. The molecular weight excluding hydrogens is 394 g/mol. The number of benzene rings is 1. The second kappa shape index (κ2) is 10.4. The van der Waals surface area contributed by atoms with E-state index >= 15 is 0 Å². The zero-order valence-electron chi connectivity index (χ0n) is 16.3. The number of aliphatic carboxylic acids is 1. The number of rotatable bonds is 10. The van der Waals surface area contributed by atoms with Crippen LogP contribution in [0.15, 0.2) is 30.5 Å². The first kappa shape index (κ1) is 22.8. The molecule has 2 rings (SSSR count). The van der Waals surface area contributed by atoms with Gasteiger partial charge in [-0.15, -0.1) is 0 Å². The third-order valence-corrected chi connectivity index (χ3v) is 4.41. The molecule has 0 fully saturated rings. The lowest BCUT2D eigenvalue weighted by atomic mass is 10.0. The molecular formula is C19H25N5O6. The highest BCUT2D eigenvalue weighted by atomic mass is 16.4. The number of para-hydroxylation sites is 1. The number of carbonyl (C=O) groups excluding carboxylic acids is 3. The Bertz CT molecular complexity index is 925. The zero-order valence-corrected chi connectivity index (χ0v) is 16.3. The van der Waals surface area contributed by atoms with Gasteiger partial charge in [-0.05, 0) is 18.6 Å². The van der Waals surface area contributed by atoms with Crippen molar-refractivity contribution in [3.63, 3.8) is 0 Å². The summed E-state index contributed by atoms with van der Waals surface area (Å²) >= 11 is 0. The molecule has 0 bridgehead atoms. The molecule has 0 aliphatic heterocycles. The van der Waals surface area contributed by atoms with Gasteiger partial charge in [0, 0.05) is 23.5 Å². The number of fused-ring (bicyclic) bond motifs is 1. The van der Waals surface area contributed by atoms with Crippen molar-refractivity contribution in [3.8, 4) is 0 Å². The Morgan fingerprint density at radius 3 is 2.47 bits per heavy atom. The summed E-state index contributed by atoms with van der Waals surface area (Å²) in [6.07, 6.45) is 0.512. The van der Waals surface area contributed by atoms with Crippen LogP contribution in [-0.4, -0.2) is 70.2 Å². The van der Waals surface area contributed by atoms with E-state index in [0.717, 1.165) is 16.5 Å². The molecule has 1 aromatic heterocycles. The summed E-state index contributed by atoms with van der Waals surface area (Å²) in [5.74, 6) is -3.43. The van der Waals surface area contributed by atoms with Crippen LogP contribution in [0.1, 0.15) is 12.5 Å². The maximum atomic E-state index is 12.8. The third kappa shape index (κ3) is 6.03. The van der Waals surface area contributed by atoms with Crippen LogP contribution in [0.2, 0.25) is 0 Å². The monoisotopic (exact) mass is 419 g/mol. The molecule has 0 aliphatic rings. The van der Waals surface area contributed by atoms with E-state index in [1.165, 1.54) is 6.92 Å². The smallest absolute Gasteiger partial charge is 0.322 e. The van der Waals surface area contributed by atoms with Gasteiger partial charge in [-0.3, -0.25) is 19.2 Å². The van der Waals surface area contributed by atoms with Crippen molar-refractivity contribution in [1.29, 1.82) is 0 Å². The molecule has 30 heavy (non-hydrogen) atoms. The number of hydrogen-bond acceptors (Lipinski definition) is 6. The van der Waals surface area contributed by atoms with Crippen LogP contribution in [-0.2, 0) is 25.6 Å². The van der Waals surface area contributed by atoms with Gasteiger partial charge in [-0.2, -0.15) is 0 Å². The number of carbonyl (C=O) groups is 4. The number of aliphatic hydroxyl groups excluding tert-OH is 1. The van der Waals surface area contributed by atoms with E-state index in [4.69, 9.17) is 10.8 Å². The minimum absolute atomic E-state index is 0.102. The van der Waals surface area contributed by atoms with Gasteiger partial charge in [0.05, 0.1) is 12.6 Å². The van der Waals surface area contributed by atoms with Crippen LogP contribution in [0.25, 0.3) is 10.9 Å². The topological polar surface area (TPSA) is 187 Å². The standard InChI is InChI=1S/C19H25N5O6/c1-10(25)17(19(30)22-9-16(27)28)24-18(29)14(23-15(26)7-20)6-11-8-21-13-5-3-2-4-12(11)13/h2-5,8,10,14,17,21,25H,6-7,9,20H2,1H3,(H,22,30)(H,23,26)(H,24,29)(H,27,28). The number of aromatic amines is 1. The van der Waals surface area contributed by atoms with Crippen LogP contribution < -0.4 is 21.7 Å². The Labute approximate surface area is 172 Å². The van der Waals surface area contributed by atoms with Gasteiger partial charge in [0.2, 0.25) is 17.7 Å². The summed E-state index contributed by atoms with van der Waals surface area (Å²) in [6, 6.07) is 4.93. The van der Waals surface area contributed by atoms with Gasteiger partial charge in [-0.1, -0.05) is 18.2 Å². The summed E-state index contributed by atoms with van der Waals surface area (Å²) in [6.45, 7) is 0.273. The van der Waals surface area contributed by atoms with Crippen LogP contribution in [0, 0.1) is 0 Å². The molecule has 162 valence electrons. The minimum Gasteiger partial charge on any atom is -0.480 e. The molecule has 8 N–H and O–H groups in total. The summed E-state index contributed by atoms with van der Waals surface area (Å²) in [5, 5.41) is 26.4. The number of carboxylic acid groups (broad SMARTS) is 1. The Morgan fingerprint density at radius 2 is 1.83 bits per heavy atom. The van der Waals surface area contributed by atoms with Gasteiger partial charge in [0.15, 0.2) is 0 Å². The lowest BCUT2D eigenvalue weighted by molar-refractivity contribution is -0.139. The number of aromatic nitrogens is 1. The molecule has 0 spiro atoms. The van der Waals surface area contributed by atoms with Gasteiger partial charge < -0.3 is 36.9 Å². The highest BCUT2D eigenvalue weighted by Gasteiger charge is 2.30. The third-order valence-electron chi connectivity index (χ3n) is 4.41. The maximum Gasteiger partial charge on any atom is 0.322 e. The first-order chi connectivity index (χ1) is 14.2. The van der Waals surface area contributed by atoms with E-state index in [9.17, 15) is 24.3 Å². The second-order valence-corrected chi connectivity index (χ2v) is 6.73. The van der Waals surface area contributed by atoms with Crippen molar-refractivity contribution < 1.29 is 29.4 Å². The van der Waals surface area contributed by atoms with Crippen molar-refractivity contribution in [1.82, 2.24) is 20.9 Å². The number of aliphatic hydroxyl groups is 1. The van der Waals surface area contributed by atoms with Gasteiger partial charge in [0.25, 0.3) is 0 Å². The molecule has 2 aromatic rings. The van der Waals surface area contributed by atoms with Crippen molar-refractivity contribution in [2.75, 3.05) is 13.1 Å². The van der Waals surface area contributed by atoms with Crippen molar-refractivity contribution in [3.05, 3.63) is 36.0 Å². The Hall–Kier alpha value is -3.44. The first-order valence-corrected chi connectivity index (χ1v) is 9.25. The zero-order chi connectivity index (χ0) is 22.3. The highest BCUT2D eigenvalue weighted by Crippen LogP contribution is 2.19. The first-order valence-electron chi connectivity index (χ1n) is 9.25.